The summed E-state index contributed by atoms with van der Waals surface area (Å²) in [6.07, 6.45) is 1.37. The molecule has 1 fully saturated rings. The minimum absolute atomic E-state index is 0.320. The molecule has 0 saturated carbocycles. The van der Waals surface area contributed by atoms with Crippen LogP contribution in [0.15, 0.2) is 10.6 Å². The number of hydrogen-bond donors (Lipinski definition) is 1. The molecule has 0 atom stereocenters. The molecule has 1 aromatic rings. The number of piperidine rings is 1. The van der Waals surface area contributed by atoms with Crippen LogP contribution in [0.2, 0.25) is 0 Å². The van der Waals surface area contributed by atoms with E-state index in [-0.39, 0.29) is 5.76 Å². The van der Waals surface area contributed by atoms with Crippen LogP contribution in [-0.4, -0.2) is 18.1 Å². The van der Waals surface area contributed by atoms with Crippen LogP contribution >= 0.6 is 0 Å². The molecule has 0 amide bonds. The van der Waals surface area contributed by atoms with Crippen LogP contribution in [-0.2, 0) is 6.42 Å². The average Bonchev–Trinajstić information content (AvgIpc) is 2.68. The van der Waals surface area contributed by atoms with E-state index in [1.807, 2.05) is 0 Å². The summed E-state index contributed by atoms with van der Waals surface area (Å²) in [6.45, 7) is 1.99. The second-order valence-corrected chi connectivity index (χ2v) is 3.85. The standard InChI is InChI=1S/C10H14F2N2O/c11-10(12)8-6-14-9(15-8)5-7-1-3-13-4-2-7/h6-7,10,13H,1-5H2. The van der Waals surface area contributed by atoms with E-state index < -0.39 is 6.43 Å². The Kier molecular flexibility index (Phi) is 3.30. The van der Waals surface area contributed by atoms with Crippen LogP contribution in [0.4, 0.5) is 8.78 Å². The summed E-state index contributed by atoms with van der Waals surface area (Å²) in [6, 6.07) is 0. The van der Waals surface area contributed by atoms with E-state index in [0.29, 0.717) is 18.2 Å². The predicted octanol–water partition coefficient (Wildman–Crippen LogP) is 2.15. The van der Waals surface area contributed by atoms with Gasteiger partial charge in [-0.3, -0.25) is 0 Å². The van der Waals surface area contributed by atoms with Crippen molar-refractivity contribution in [3.8, 4) is 0 Å². The third-order valence-electron chi connectivity index (χ3n) is 2.71. The van der Waals surface area contributed by atoms with E-state index in [1.165, 1.54) is 0 Å². The highest BCUT2D eigenvalue weighted by Crippen LogP contribution is 2.22. The Morgan fingerprint density at radius 3 is 2.80 bits per heavy atom. The summed E-state index contributed by atoms with van der Waals surface area (Å²) in [5.41, 5.74) is 0. The number of nitrogens with zero attached hydrogens (tertiary/aromatic N) is 1. The molecule has 84 valence electrons. The molecule has 0 bridgehead atoms. The summed E-state index contributed by atoms with van der Waals surface area (Å²) in [5.74, 6) is 0.631. The summed E-state index contributed by atoms with van der Waals surface area (Å²) >= 11 is 0. The number of oxazole rings is 1. The molecule has 1 aliphatic rings. The van der Waals surface area contributed by atoms with Crippen LogP contribution in [0.3, 0.4) is 0 Å². The van der Waals surface area contributed by atoms with Crippen molar-refractivity contribution in [3.05, 3.63) is 17.8 Å². The number of rotatable bonds is 3. The maximum atomic E-state index is 12.2. The van der Waals surface area contributed by atoms with Gasteiger partial charge < -0.3 is 9.73 Å². The monoisotopic (exact) mass is 216 g/mol. The SMILES string of the molecule is FC(F)c1cnc(CC2CCNCC2)o1. The lowest BCUT2D eigenvalue weighted by Gasteiger charge is -2.20. The van der Waals surface area contributed by atoms with Gasteiger partial charge in [0.25, 0.3) is 6.43 Å². The molecule has 0 unspecified atom stereocenters. The van der Waals surface area contributed by atoms with Gasteiger partial charge in [-0.05, 0) is 31.8 Å². The smallest absolute Gasteiger partial charge is 0.297 e. The molecule has 5 heteroatoms. The van der Waals surface area contributed by atoms with E-state index in [0.717, 1.165) is 32.1 Å². The molecule has 1 aliphatic heterocycles. The van der Waals surface area contributed by atoms with Crippen molar-refractivity contribution in [2.45, 2.75) is 25.7 Å². The molecule has 2 heterocycles. The molecular weight excluding hydrogens is 202 g/mol. The molecule has 0 spiro atoms. The number of nitrogens with one attached hydrogen (secondary N) is 1. The summed E-state index contributed by atoms with van der Waals surface area (Å²) in [5, 5.41) is 3.25. The van der Waals surface area contributed by atoms with Gasteiger partial charge in [0.2, 0.25) is 0 Å². The lowest BCUT2D eigenvalue weighted by Crippen LogP contribution is -2.28. The van der Waals surface area contributed by atoms with Gasteiger partial charge in [-0.2, -0.15) is 0 Å². The van der Waals surface area contributed by atoms with Crippen molar-refractivity contribution in [3.63, 3.8) is 0 Å². The van der Waals surface area contributed by atoms with Gasteiger partial charge in [0.05, 0.1) is 6.20 Å². The fourth-order valence-electron chi connectivity index (χ4n) is 1.85. The fraction of sp³-hybridized carbons (Fsp3) is 0.700. The van der Waals surface area contributed by atoms with Crippen LogP contribution in [0.5, 0.6) is 0 Å². The summed E-state index contributed by atoms with van der Waals surface area (Å²) in [4.78, 5) is 3.86. The first-order valence-corrected chi connectivity index (χ1v) is 5.19. The molecule has 2 rings (SSSR count). The Balaban J connectivity index is 1.91. The first kappa shape index (κ1) is 10.5. The second kappa shape index (κ2) is 4.70. The van der Waals surface area contributed by atoms with E-state index in [1.54, 1.807) is 0 Å². The van der Waals surface area contributed by atoms with Gasteiger partial charge in [-0.1, -0.05) is 0 Å². The van der Waals surface area contributed by atoms with Crippen LogP contribution in [0.25, 0.3) is 0 Å². The van der Waals surface area contributed by atoms with Crippen molar-refractivity contribution >= 4 is 0 Å². The number of aromatic nitrogens is 1. The summed E-state index contributed by atoms with van der Waals surface area (Å²) < 4.78 is 29.4. The number of hydrogen-bond acceptors (Lipinski definition) is 3. The van der Waals surface area contributed by atoms with Crippen molar-refractivity contribution in [2.24, 2.45) is 5.92 Å². The van der Waals surface area contributed by atoms with Gasteiger partial charge in [0.15, 0.2) is 11.7 Å². The average molecular weight is 216 g/mol. The molecule has 15 heavy (non-hydrogen) atoms. The van der Waals surface area contributed by atoms with Crippen molar-refractivity contribution in [1.82, 2.24) is 10.3 Å². The Labute approximate surface area is 86.9 Å². The molecular formula is C10H14F2N2O. The Morgan fingerprint density at radius 2 is 2.20 bits per heavy atom. The summed E-state index contributed by atoms with van der Waals surface area (Å²) in [7, 11) is 0. The minimum Gasteiger partial charge on any atom is -0.440 e. The maximum Gasteiger partial charge on any atom is 0.297 e. The second-order valence-electron chi connectivity index (χ2n) is 3.85. The van der Waals surface area contributed by atoms with Crippen molar-refractivity contribution in [1.29, 1.82) is 0 Å². The molecule has 3 nitrogen and oxygen atoms in total. The van der Waals surface area contributed by atoms with Crippen molar-refractivity contribution < 1.29 is 13.2 Å². The Morgan fingerprint density at radius 1 is 1.47 bits per heavy atom. The zero-order chi connectivity index (χ0) is 10.7. The largest absolute Gasteiger partial charge is 0.440 e. The zero-order valence-corrected chi connectivity index (χ0v) is 8.38. The van der Waals surface area contributed by atoms with E-state index in [4.69, 9.17) is 4.42 Å². The highest BCUT2D eigenvalue weighted by molar-refractivity contribution is 4.96. The number of halogens is 2. The van der Waals surface area contributed by atoms with Gasteiger partial charge in [-0.15, -0.1) is 0 Å². The molecule has 0 aliphatic carbocycles. The zero-order valence-electron chi connectivity index (χ0n) is 8.38. The van der Waals surface area contributed by atoms with Crippen LogP contribution in [0, 0.1) is 5.92 Å². The lowest BCUT2D eigenvalue weighted by atomic mass is 9.95. The van der Waals surface area contributed by atoms with Gasteiger partial charge >= 0.3 is 0 Å². The highest BCUT2D eigenvalue weighted by atomic mass is 19.3. The molecule has 0 aromatic carbocycles. The van der Waals surface area contributed by atoms with Gasteiger partial charge in [0, 0.05) is 6.42 Å². The normalized spacial score (nSPS) is 18.6. The Hall–Kier alpha value is -0.970. The molecule has 1 saturated heterocycles. The van der Waals surface area contributed by atoms with E-state index in [9.17, 15) is 8.78 Å². The van der Waals surface area contributed by atoms with Gasteiger partial charge in [-0.25, -0.2) is 13.8 Å². The third kappa shape index (κ3) is 2.75. The van der Waals surface area contributed by atoms with Gasteiger partial charge in [0.1, 0.15) is 0 Å². The van der Waals surface area contributed by atoms with Crippen LogP contribution < -0.4 is 5.32 Å². The van der Waals surface area contributed by atoms with E-state index >= 15 is 0 Å². The Bertz CT molecular complexity index is 308. The van der Waals surface area contributed by atoms with Crippen molar-refractivity contribution in [2.75, 3.05) is 13.1 Å². The number of alkyl halides is 2. The van der Waals surface area contributed by atoms with Crippen LogP contribution in [0.1, 0.15) is 30.9 Å². The first-order chi connectivity index (χ1) is 7.25. The quantitative estimate of drug-likeness (QED) is 0.841. The predicted molar refractivity (Wildman–Crippen MR) is 50.8 cm³/mol. The molecule has 0 radical (unpaired) electrons. The topological polar surface area (TPSA) is 38.1 Å². The highest BCUT2D eigenvalue weighted by Gasteiger charge is 2.18. The maximum absolute atomic E-state index is 12.2. The minimum atomic E-state index is -2.56. The first-order valence-electron chi connectivity index (χ1n) is 5.19. The third-order valence-corrected chi connectivity index (χ3v) is 2.71. The lowest BCUT2D eigenvalue weighted by molar-refractivity contribution is 0.119. The molecule has 1 N–H and O–H groups in total. The fourth-order valence-corrected chi connectivity index (χ4v) is 1.85. The molecule has 1 aromatic heterocycles. The van der Waals surface area contributed by atoms with E-state index in [2.05, 4.69) is 10.3 Å².